The third-order valence-electron chi connectivity index (χ3n) is 3.11. The van der Waals surface area contributed by atoms with Crippen LogP contribution in [0.25, 0.3) is 0 Å². The molecule has 0 aliphatic heterocycles. The predicted molar refractivity (Wildman–Crippen MR) is 83.2 cm³/mol. The molecule has 0 heterocycles. The van der Waals surface area contributed by atoms with Gasteiger partial charge in [-0.15, -0.1) is 13.2 Å². The third kappa shape index (κ3) is 4.40. The van der Waals surface area contributed by atoms with E-state index in [2.05, 4.69) is 4.74 Å². The van der Waals surface area contributed by atoms with E-state index in [4.69, 9.17) is 11.6 Å². The summed E-state index contributed by atoms with van der Waals surface area (Å²) in [5.74, 6) is -0.781. The van der Waals surface area contributed by atoms with Crippen molar-refractivity contribution >= 4 is 21.6 Å². The Balaban J connectivity index is 2.35. The highest BCUT2D eigenvalue weighted by Crippen LogP contribution is 2.31. The van der Waals surface area contributed by atoms with E-state index in [0.717, 1.165) is 16.4 Å². The summed E-state index contributed by atoms with van der Waals surface area (Å²) in [5, 5.41) is 0.361. The number of benzene rings is 2. The molecule has 0 atom stereocenters. The third-order valence-corrected chi connectivity index (χ3v) is 5.33. The Hall–Kier alpha value is -1.77. The average molecular weight is 380 g/mol. The molecule has 0 N–H and O–H groups in total. The van der Waals surface area contributed by atoms with Gasteiger partial charge in [0, 0.05) is 18.6 Å². The fourth-order valence-electron chi connectivity index (χ4n) is 1.99. The minimum atomic E-state index is -4.99. The topological polar surface area (TPSA) is 46.6 Å². The summed E-state index contributed by atoms with van der Waals surface area (Å²) in [6, 6.07) is 11.2. The quantitative estimate of drug-likeness (QED) is 0.787. The van der Waals surface area contributed by atoms with Crippen LogP contribution in [0.1, 0.15) is 5.56 Å². The molecular formula is C15H13ClF3NO3S. The second kappa shape index (κ2) is 7.00. The van der Waals surface area contributed by atoms with E-state index in [1.807, 2.05) is 0 Å². The molecule has 9 heteroatoms. The van der Waals surface area contributed by atoms with Crippen molar-refractivity contribution in [2.75, 3.05) is 7.05 Å². The predicted octanol–water partition coefficient (Wildman–Crippen LogP) is 4.06. The van der Waals surface area contributed by atoms with Gasteiger partial charge in [-0.05, 0) is 23.8 Å². The zero-order valence-electron chi connectivity index (χ0n) is 12.4. The molecule has 0 saturated heterocycles. The first kappa shape index (κ1) is 18.6. The maximum Gasteiger partial charge on any atom is 0.573 e. The zero-order chi connectivity index (χ0) is 18.0. The molecule has 0 saturated carbocycles. The smallest absolute Gasteiger partial charge is 0.404 e. The first-order chi connectivity index (χ1) is 11.1. The van der Waals surface area contributed by atoms with Gasteiger partial charge in [0.2, 0.25) is 10.0 Å². The minimum absolute atomic E-state index is 0.0949. The Morgan fingerprint density at radius 2 is 1.67 bits per heavy atom. The number of hydrogen-bond acceptors (Lipinski definition) is 3. The van der Waals surface area contributed by atoms with E-state index in [9.17, 15) is 21.6 Å². The summed E-state index contributed by atoms with van der Waals surface area (Å²) in [6.07, 6.45) is -4.99. The molecule has 0 amide bonds. The summed E-state index contributed by atoms with van der Waals surface area (Å²) < 4.78 is 67.3. The second-order valence-electron chi connectivity index (χ2n) is 4.85. The van der Waals surface area contributed by atoms with Crippen LogP contribution in [0.5, 0.6) is 5.75 Å². The van der Waals surface area contributed by atoms with Gasteiger partial charge in [0.25, 0.3) is 0 Å². The van der Waals surface area contributed by atoms with E-state index in [0.29, 0.717) is 10.6 Å². The molecule has 0 aromatic heterocycles. The number of rotatable bonds is 5. The van der Waals surface area contributed by atoms with E-state index >= 15 is 0 Å². The number of nitrogens with zero attached hydrogens (tertiary/aromatic N) is 1. The van der Waals surface area contributed by atoms with Gasteiger partial charge in [0.1, 0.15) is 10.6 Å². The number of ether oxygens (including phenoxy) is 1. The zero-order valence-corrected chi connectivity index (χ0v) is 14.0. The lowest BCUT2D eigenvalue weighted by atomic mass is 10.2. The van der Waals surface area contributed by atoms with E-state index < -0.39 is 27.0 Å². The molecule has 2 aromatic carbocycles. The Kier molecular flexibility index (Phi) is 5.42. The highest BCUT2D eigenvalue weighted by molar-refractivity contribution is 7.89. The van der Waals surface area contributed by atoms with Crippen molar-refractivity contribution in [3.8, 4) is 5.75 Å². The van der Waals surface area contributed by atoms with Crippen LogP contribution in [0.15, 0.2) is 53.4 Å². The normalized spacial score (nSPS) is 12.4. The summed E-state index contributed by atoms with van der Waals surface area (Å²) >= 11 is 5.99. The number of sulfonamides is 1. The van der Waals surface area contributed by atoms with Gasteiger partial charge in [-0.1, -0.05) is 41.9 Å². The van der Waals surface area contributed by atoms with E-state index in [1.54, 1.807) is 24.3 Å². The van der Waals surface area contributed by atoms with Crippen LogP contribution in [-0.4, -0.2) is 26.1 Å². The number of para-hydroxylation sites is 1. The van der Waals surface area contributed by atoms with Crippen molar-refractivity contribution in [3.05, 3.63) is 59.1 Å². The molecule has 0 aliphatic rings. The first-order valence-corrected chi connectivity index (χ1v) is 8.47. The van der Waals surface area contributed by atoms with Crippen LogP contribution < -0.4 is 4.74 Å². The van der Waals surface area contributed by atoms with Crippen molar-refractivity contribution in [3.63, 3.8) is 0 Å². The van der Waals surface area contributed by atoms with Crippen LogP contribution >= 0.6 is 11.6 Å². The van der Waals surface area contributed by atoms with Crippen LogP contribution in [0, 0.1) is 0 Å². The number of alkyl halides is 3. The lowest BCUT2D eigenvalue weighted by Gasteiger charge is -2.20. The van der Waals surface area contributed by atoms with Gasteiger partial charge in [0.15, 0.2) is 0 Å². The maximum atomic E-state index is 12.6. The van der Waals surface area contributed by atoms with Crippen LogP contribution in [0.4, 0.5) is 13.2 Å². The highest BCUT2D eigenvalue weighted by atomic mass is 35.5. The minimum Gasteiger partial charge on any atom is -0.404 e. The standard InChI is InChI=1S/C15H13ClF3NO3S/c1-20(10-11-6-2-3-7-12(11)16)24(21,22)14-9-5-4-8-13(14)23-15(17,18)19/h2-9H,10H2,1H3. The largest absolute Gasteiger partial charge is 0.573 e. The van der Waals surface area contributed by atoms with Gasteiger partial charge >= 0.3 is 6.36 Å². The van der Waals surface area contributed by atoms with E-state index in [-0.39, 0.29) is 6.54 Å². The summed E-state index contributed by atoms with van der Waals surface area (Å²) in [5.41, 5.74) is 0.527. The first-order valence-electron chi connectivity index (χ1n) is 6.66. The molecule has 0 fully saturated rings. The molecule has 2 aromatic rings. The molecule has 130 valence electrons. The average Bonchev–Trinajstić information content (AvgIpc) is 2.48. The molecule has 0 aliphatic carbocycles. The van der Waals surface area contributed by atoms with Crippen LogP contribution in [-0.2, 0) is 16.6 Å². The maximum absolute atomic E-state index is 12.6. The van der Waals surface area contributed by atoms with Crippen molar-refractivity contribution < 1.29 is 26.3 Å². The molecule has 0 spiro atoms. The van der Waals surface area contributed by atoms with Gasteiger partial charge < -0.3 is 4.74 Å². The Morgan fingerprint density at radius 3 is 2.29 bits per heavy atom. The molecule has 0 radical (unpaired) electrons. The fourth-order valence-corrected chi connectivity index (χ4v) is 3.45. The monoisotopic (exact) mass is 379 g/mol. The number of hydrogen-bond donors (Lipinski definition) is 0. The lowest BCUT2D eigenvalue weighted by Crippen LogP contribution is -2.28. The Labute approximate surface area is 142 Å². The van der Waals surface area contributed by atoms with Crippen molar-refractivity contribution in [1.29, 1.82) is 0 Å². The molecule has 2 rings (SSSR count). The fraction of sp³-hybridized carbons (Fsp3) is 0.200. The highest BCUT2D eigenvalue weighted by Gasteiger charge is 2.35. The summed E-state index contributed by atoms with van der Waals surface area (Å²) in [4.78, 5) is -0.572. The van der Waals surface area contributed by atoms with Crippen LogP contribution in [0.3, 0.4) is 0 Å². The number of halogens is 4. The molecule has 0 bridgehead atoms. The Bertz CT molecular complexity index is 825. The second-order valence-corrected chi connectivity index (χ2v) is 7.27. The van der Waals surface area contributed by atoms with Gasteiger partial charge in [-0.25, -0.2) is 8.42 Å². The van der Waals surface area contributed by atoms with Gasteiger partial charge in [0.05, 0.1) is 0 Å². The van der Waals surface area contributed by atoms with Crippen molar-refractivity contribution in [2.24, 2.45) is 0 Å². The van der Waals surface area contributed by atoms with E-state index in [1.165, 1.54) is 19.2 Å². The molecular weight excluding hydrogens is 367 g/mol. The summed E-state index contributed by atoms with van der Waals surface area (Å²) in [6.45, 7) is -0.0949. The van der Waals surface area contributed by atoms with Crippen molar-refractivity contribution in [1.82, 2.24) is 4.31 Å². The summed E-state index contributed by atoms with van der Waals surface area (Å²) in [7, 11) is -2.95. The molecule has 4 nitrogen and oxygen atoms in total. The van der Waals surface area contributed by atoms with Gasteiger partial charge in [-0.3, -0.25) is 0 Å². The van der Waals surface area contributed by atoms with Crippen molar-refractivity contribution in [2.45, 2.75) is 17.8 Å². The molecule has 0 unspecified atom stereocenters. The van der Waals surface area contributed by atoms with Crippen LogP contribution in [0.2, 0.25) is 5.02 Å². The van der Waals surface area contributed by atoms with Gasteiger partial charge in [-0.2, -0.15) is 4.31 Å². The molecule has 24 heavy (non-hydrogen) atoms. The lowest BCUT2D eigenvalue weighted by molar-refractivity contribution is -0.275. The Morgan fingerprint density at radius 1 is 1.08 bits per heavy atom. The SMILES string of the molecule is CN(Cc1ccccc1Cl)S(=O)(=O)c1ccccc1OC(F)(F)F.